The zero-order chi connectivity index (χ0) is 58.0. The molecule has 1 saturated heterocycles. The maximum Gasteiger partial charge on any atom is 0.326 e. The SMILES string of the molecule is CC(C)CC1NC(=O)C(NC(=O)C2CCC(=O)N2)C(C(C)C)c2ccc3c4c([nH]c3c2)-n2cnc(c2)CC(C(=O)NC(CC(=O)O)C(=O)O)NC(=O)CNC(=O)C(CCCN=C(N)N)NC(=O)C(C4)NC(=O)C(C(C)C)NC1=O. The number of carboxylic acid groups (broad SMARTS) is 2. The second-order valence-corrected chi connectivity index (χ2v) is 21.2. The Bertz CT molecular complexity index is 2870. The number of hydrogen-bond acceptors (Lipinski definition) is 13. The zero-order valence-corrected chi connectivity index (χ0v) is 44.8. The number of amides is 9. The molecule has 16 N–H and O–H groups in total. The van der Waals surface area contributed by atoms with Gasteiger partial charge in [-0.15, -0.1) is 0 Å². The first kappa shape index (κ1) is 59.7. The summed E-state index contributed by atoms with van der Waals surface area (Å²) >= 11 is 0. The predicted molar refractivity (Wildman–Crippen MR) is 282 cm³/mol. The van der Waals surface area contributed by atoms with Crippen molar-refractivity contribution in [1.29, 1.82) is 0 Å². The number of imidazole rings is 1. The molecule has 4 aliphatic heterocycles. The van der Waals surface area contributed by atoms with Gasteiger partial charge < -0.3 is 74.5 Å². The molecule has 9 atom stereocenters. The van der Waals surface area contributed by atoms with E-state index in [2.05, 4.69) is 62.8 Å². The zero-order valence-electron chi connectivity index (χ0n) is 44.8. The molecule has 4 aliphatic rings. The fourth-order valence-corrected chi connectivity index (χ4v) is 9.90. The number of nitrogens with zero attached hydrogens (tertiary/aromatic N) is 3. The number of carbonyl (C=O) groups is 11. The summed E-state index contributed by atoms with van der Waals surface area (Å²) in [6.07, 6.45) is 1.53. The summed E-state index contributed by atoms with van der Waals surface area (Å²) < 4.78 is 1.51. The van der Waals surface area contributed by atoms with Crippen LogP contribution in [0.3, 0.4) is 0 Å². The lowest BCUT2D eigenvalue weighted by Crippen LogP contribution is -2.61. The van der Waals surface area contributed by atoms with Crippen molar-refractivity contribution in [2.24, 2.45) is 34.2 Å². The summed E-state index contributed by atoms with van der Waals surface area (Å²) in [6, 6.07) is -6.02. The molecule has 1 fully saturated rings. The number of nitrogens with two attached hydrogens (primary N) is 2. The van der Waals surface area contributed by atoms with Crippen molar-refractivity contribution in [3.8, 4) is 5.82 Å². The van der Waals surface area contributed by atoms with Crippen LogP contribution in [-0.4, -0.2) is 157 Å². The molecule has 2 aromatic heterocycles. The number of aliphatic carboxylic acids is 2. The molecule has 6 heterocycles. The number of aromatic nitrogens is 3. The highest BCUT2D eigenvalue weighted by Crippen LogP contribution is 2.35. The van der Waals surface area contributed by atoms with Crippen LogP contribution in [0.15, 0.2) is 35.7 Å². The highest BCUT2D eigenvalue weighted by Gasteiger charge is 2.41. The highest BCUT2D eigenvalue weighted by atomic mass is 16.4. The lowest BCUT2D eigenvalue weighted by Gasteiger charge is -2.33. The Morgan fingerprint density at radius 3 is 2.14 bits per heavy atom. The molecule has 28 nitrogen and oxygen atoms in total. The van der Waals surface area contributed by atoms with Gasteiger partial charge >= 0.3 is 11.9 Å². The number of benzene rings is 1. The smallest absolute Gasteiger partial charge is 0.326 e. The maximum atomic E-state index is 15.0. The van der Waals surface area contributed by atoms with Crippen LogP contribution in [0, 0.1) is 17.8 Å². The van der Waals surface area contributed by atoms with Crippen LogP contribution in [0.1, 0.15) is 103 Å². The largest absolute Gasteiger partial charge is 0.481 e. The first-order valence-corrected chi connectivity index (χ1v) is 26.2. The van der Waals surface area contributed by atoms with Gasteiger partial charge in [0.2, 0.25) is 53.2 Å². The monoisotopic (exact) mass is 1100 g/mol. The van der Waals surface area contributed by atoms with Crippen molar-refractivity contribution in [1.82, 2.24) is 62.4 Å². The van der Waals surface area contributed by atoms with Gasteiger partial charge in [0.25, 0.3) is 0 Å². The number of carbonyl (C=O) groups excluding carboxylic acids is 9. The summed E-state index contributed by atoms with van der Waals surface area (Å²) in [5.74, 6) is -12.1. The van der Waals surface area contributed by atoms with Gasteiger partial charge in [0, 0.05) is 54.4 Å². The van der Waals surface area contributed by atoms with Gasteiger partial charge in [-0.3, -0.25) is 57.5 Å². The Morgan fingerprint density at radius 2 is 1.51 bits per heavy atom. The number of nitrogens with one attached hydrogen (secondary N) is 10. The van der Waals surface area contributed by atoms with Crippen LogP contribution in [0.25, 0.3) is 16.7 Å². The third-order valence-corrected chi connectivity index (χ3v) is 13.8. The maximum absolute atomic E-state index is 15.0. The second-order valence-electron chi connectivity index (χ2n) is 21.2. The number of aliphatic imine (C=N–C) groups is 1. The van der Waals surface area contributed by atoms with Crippen LogP contribution in [0.5, 0.6) is 0 Å². The first-order chi connectivity index (χ1) is 37.3. The quantitative estimate of drug-likeness (QED) is 0.0319. The van der Waals surface area contributed by atoms with Gasteiger partial charge in [-0.25, -0.2) is 9.78 Å². The molecule has 0 aliphatic carbocycles. The number of rotatable bonds is 15. The van der Waals surface area contributed by atoms with Gasteiger partial charge in [0.15, 0.2) is 5.96 Å². The Balaban J connectivity index is 1.57. The van der Waals surface area contributed by atoms with E-state index in [9.17, 15) is 63.0 Å². The minimum absolute atomic E-state index is 0.0175. The normalized spacial score (nSPS) is 23.9. The van der Waals surface area contributed by atoms with Crippen molar-refractivity contribution < 1.29 is 63.0 Å². The van der Waals surface area contributed by atoms with E-state index in [1.807, 2.05) is 27.7 Å². The van der Waals surface area contributed by atoms with Gasteiger partial charge in [-0.05, 0) is 55.1 Å². The molecular weight excluding hydrogens is 1030 g/mol. The van der Waals surface area contributed by atoms with Gasteiger partial charge in [0.1, 0.15) is 60.5 Å². The molecule has 79 heavy (non-hydrogen) atoms. The van der Waals surface area contributed by atoms with Crippen LogP contribution in [0.2, 0.25) is 0 Å². The number of fused-ring (bicyclic) bond motifs is 13. The number of aromatic amines is 1. The van der Waals surface area contributed by atoms with Crippen molar-refractivity contribution in [3.63, 3.8) is 0 Å². The number of guanidine groups is 1. The number of H-pyrrole nitrogens is 1. The van der Waals surface area contributed by atoms with E-state index in [0.29, 0.717) is 22.0 Å². The summed E-state index contributed by atoms with van der Waals surface area (Å²) in [5, 5.41) is 43.4. The average molecular weight is 1100 g/mol. The van der Waals surface area contributed by atoms with Gasteiger partial charge in [0.05, 0.1) is 18.7 Å². The summed E-state index contributed by atoms with van der Waals surface area (Å²) in [7, 11) is 0. The van der Waals surface area contributed by atoms with E-state index in [4.69, 9.17) is 11.5 Å². The molecule has 0 saturated carbocycles. The topological polar surface area (TPSA) is 435 Å². The first-order valence-electron chi connectivity index (χ1n) is 26.2. The number of hydrogen-bond donors (Lipinski definition) is 14. The van der Waals surface area contributed by atoms with Crippen molar-refractivity contribution in [2.45, 2.75) is 147 Å². The summed E-state index contributed by atoms with van der Waals surface area (Å²) in [4.78, 5) is 162. The van der Waals surface area contributed by atoms with E-state index >= 15 is 0 Å². The highest BCUT2D eigenvalue weighted by molar-refractivity contribution is 6.00. The van der Waals surface area contributed by atoms with Crippen LogP contribution in [0.4, 0.5) is 0 Å². The van der Waals surface area contributed by atoms with E-state index < -0.39 is 139 Å². The second kappa shape index (κ2) is 26.2. The molecule has 9 amide bonds. The van der Waals surface area contributed by atoms with Gasteiger partial charge in [-0.1, -0.05) is 53.7 Å². The Labute approximate surface area is 453 Å². The Hall–Kier alpha value is -8.59. The fourth-order valence-electron chi connectivity index (χ4n) is 9.90. The molecule has 3 aromatic rings. The fraction of sp³-hybridized carbons (Fsp3) is 0.549. The van der Waals surface area contributed by atoms with E-state index in [1.165, 1.54) is 17.1 Å². The molecule has 428 valence electrons. The van der Waals surface area contributed by atoms with Crippen molar-refractivity contribution >= 4 is 82.0 Å². The molecule has 7 bridgehead atoms. The Kier molecular flexibility index (Phi) is 19.8. The summed E-state index contributed by atoms with van der Waals surface area (Å²) in [5.41, 5.74) is 12.6. The predicted octanol–water partition coefficient (Wildman–Crippen LogP) is -2.69. The van der Waals surface area contributed by atoms with E-state index in [0.717, 1.165) is 0 Å². The Morgan fingerprint density at radius 1 is 0.797 bits per heavy atom. The molecule has 0 spiro atoms. The van der Waals surface area contributed by atoms with Crippen LogP contribution < -0.4 is 59.3 Å². The van der Waals surface area contributed by atoms with Crippen LogP contribution in [-0.2, 0) is 65.6 Å². The minimum atomic E-state index is -1.90. The molecule has 0 radical (unpaired) electrons. The lowest BCUT2D eigenvalue weighted by molar-refractivity contribution is -0.147. The summed E-state index contributed by atoms with van der Waals surface area (Å²) in [6.45, 7) is 9.96. The molecule has 9 unspecified atom stereocenters. The molecule has 28 heteroatoms. The molecular formula is C51H71N15O13. The van der Waals surface area contributed by atoms with Crippen molar-refractivity contribution in [2.75, 3.05) is 13.1 Å². The molecule has 1 aromatic carbocycles. The van der Waals surface area contributed by atoms with Gasteiger partial charge in [-0.2, -0.15) is 0 Å². The molecule has 7 rings (SSSR count). The standard InChI is InChI=1S/C51H71N15O13/c1-22(2)14-32-47(75)64-40(24(5)6)48(76)62-34-17-28-27-10-9-25(39(23(3)4)41(49(77)61-32)65-44(72)30-11-12-36(67)57-30)15-31(27)59-42(28)66-20-26(56-21-66)16-33(45(73)63-35(50(78)79)18-38(69)70)58-37(68)19-55-43(71)29(60-46(34)74)8-7-13-54-51(52)53/h9-10,15,20-24,29-30,32-35,39-41,59H,7-8,11-14,16-19H2,1-6H3,(H,55,71)(H,57,67)(H,58,68)(H,60,74)(H,61,77)(H,62,76)(H,63,73)(H,64,75)(H,65,72)(H,69,70)(H,78,79)(H4,52,53,54). The van der Waals surface area contributed by atoms with E-state index in [1.54, 1.807) is 32.0 Å². The number of carboxylic acids is 2. The average Bonchev–Trinajstić information content (AvgIpc) is 4.36. The van der Waals surface area contributed by atoms with E-state index in [-0.39, 0.29) is 80.3 Å². The third-order valence-electron chi connectivity index (χ3n) is 13.8. The minimum Gasteiger partial charge on any atom is -0.481 e. The van der Waals surface area contributed by atoms with Crippen molar-refractivity contribution in [3.05, 3.63) is 47.5 Å². The third kappa shape index (κ3) is 15.6. The lowest BCUT2D eigenvalue weighted by atomic mass is 9.81. The van der Waals surface area contributed by atoms with Crippen LogP contribution >= 0.6 is 0 Å².